The molecule has 2 amide bonds. The fraction of sp³-hybridized carbons (Fsp3) is 0.381. The van der Waals surface area contributed by atoms with Crippen molar-refractivity contribution < 1.29 is 19.1 Å². The highest BCUT2D eigenvalue weighted by molar-refractivity contribution is 6.04. The molecule has 1 aromatic carbocycles. The highest BCUT2D eigenvalue weighted by atomic mass is 16.5. The molecule has 0 bridgehead atoms. The molecule has 0 atom stereocenters. The van der Waals surface area contributed by atoms with E-state index in [0.29, 0.717) is 37.4 Å². The number of ether oxygens (including phenoxy) is 1. The Balaban J connectivity index is 1.80. The molecule has 3 rings (SSSR count). The number of hydrogen-bond acceptors (Lipinski definition) is 6. The summed E-state index contributed by atoms with van der Waals surface area (Å²) in [6.07, 6.45) is 0.996. The van der Waals surface area contributed by atoms with Crippen molar-refractivity contribution in [1.29, 1.82) is 0 Å². The molecule has 1 fully saturated rings. The Morgan fingerprint density at radius 2 is 1.76 bits per heavy atom. The molecule has 1 saturated heterocycles. The molecule has 0 saturated carbocycles. The van der Waals surface area contributed by atoms with E-state index in [-0.39, 0.29) is 35.6 Å². The number of rotatable bonds is 5. The van der Waals surface area contributed by atoms with E-state index in [1.54, 1.807) is 18.7 Å². The van der Waals surface area contributed by atoms with Crippen LogP contribution in [0, 0.1) is 19.8 Å². The van der Waals surface area contributed by atoms with Crippen molar-refractivity contribution in [3.05, 3.63) is 58.7 Å². The van der Waals surface area contributed by atoms with E-state index in [4.69, 9.17) is 10.5 Å². The molecule has 1 aliphatic rings. The molecule has 0 radical (unpaired) electrons. The van der Waals surface area contributed by atoms with Gasteiger partial charge in [-0.25, -0.2) is 14.8 Å². The standard InChI is InChI=1S/C21H24N4O4/c1-13-17(21(28)29-12-15-6-4-3-5-7-15)18(24-14(2)23-13)20(27)25-10-8-16(9-11-25)19(22)26/h3-7,16H,8-12H2,1-2H3,(H2,22,26). The van der Waals surface area contributed by atoms with Crippen LogP contribution in [0.15, 0.2) is 30.3 Å². The summed E-state index contributed by atoms with van der Waals surface area (Å²) in [7, 11) is 0. The number of nitrogens with zero attached hydrogens (tertiary/aromatic N) is 3. The van der Waals surface area contributed by atoms with Gasteiger partial charge in [-0.2, -0.15) is 0 Å². The van der Waals surface area contributed by atoms with Gasteiger partial charge in [-0.3, -0.25) is 9.59 Å². The fourth-order valence-corrected chi connectivity index (χ4v) is 3.42. The Morgan fingerprint density at radius 3 is 2.38 bits per heavy atom. The highest BCUT2D eigenvalue weighted by Crippen LogP contribution is 2.21. The van der Waals surface area contributed by atoms with Gasteiger partial charge in [0.2, 0.25) is 5.91 Å². The van der Waals surface area contributed by atoms with Crippen molar-refractivity contribution in [3.8, 4) is 0 Å². The lowest BCUT2D eigenvalue weighted by Crippen LogP contribution is -2.42. The number of esters is 1. The maximum absolute atomic E-state index is 13.1. The maximum Gasteiger partial charge on any atom is 0.342 e. The molecule has 8 heteroatoms. The number of likely N-dealkylation sites (tertiary alicyclic amines) is 1. The van der Waals surface area contributed by atoms with E-state index in [1.165, 1.54) is 0 Å². The molecular formula is C21H24N4O4. The van der Waals surface area contributed by atoms with Gasteiger partial charge in [0.15, 0.2) is 0 Å². The Bertz CT molecular complexity index is 922. The van der Waals surface area contributed by atoms with Gasteiger partial charge in [0.25, 0.3) is 5.91 Å². The third-order valence-electron chi connectivity index (χ3n) is 5.01. The molecule has 2 heterocycles. The van der Waals surface area contributed by atoms with Crippen molar-refractivity contribution in [2.45, 2.75) is 33.3 Å². The van der Waals surface area contributed by atoms with Crippen LogP contribution < -0.4 is 5.73 Å². The summed E-state index contributed by atoms with van der Waals surface area (Å²) < 4.78 is 5.41. The number of amides is 2. The van der Waals surface area contributed by atoms with Crippen molar-refractivity contribution in [2.75, 3.05) is 13.1 Å². The summed E-state index contributed by atoms with van der Waals surface area (Å²) in [5.41, 5.74) is 6.71. The van der Waals surface area contributed by atoms with Gasteiger partial charge in [-0.15, -0.1) is 0 Å². The Hall–Kier alpha value is -3.29. The maximum atomic E-state index is 13.1. The van der Waals surface area contributed by atoms with Gasteiger partial charge in [-0.1, -0.05) is 30.3 Å². The molecule has 0 aliphatic carbocycles. The van der Waals surface area contributed by atoms with Crippen LogP contribution in [0.3, 0.4) is 0 Å². The third kappa shape index (κ3) is 4.77. The molecule has 8 nitrogen and oxygen atoms in total. The van der Waals surface area contributed by atoms with Crippen LogP contribution in [0.5, 0.6) is 0 Å². The second-order valence-corrected chi connectivity index (χ2v) is 7.11. The number of aryl methyl sites for hydroxylation is 2. The van der Waals surface area contributed by atoms with E-state index >= 15 is 0 Å². The lowest BCUT2D eigenvalue weighted by atomic mass is 9.96. The van der Waals surface area contributed by atoms with Crippen LogP contribution in [0.2, 0.25) is 0 Å². The number of benzene rings is 1. The zero-order chi connectivity index (χ0) is 21.0. The van der Waals surface area contributed by atoms with Crippen LogP contribution in [0.1, 0.15) is 50.8 Å². The van der Waals surface area contributed by atoms with Gasteiger partial charge < -0.3 is 15.4 Å². The average Bonchev–Trinajstić information content (AvgIpc) is 2.71. The number of hydrogen-bond donors (Lipinski definition) is 1. The predicted octanol–water partition coefficient (Wildman–Crippen LogP) is 1.79. The summed E-state index contributed by atoms with van der Waals surface area (Å²) in [5, 5.41) is 0. The summed E-state index contributed by atoms with van der Waals surface area (Å²) in [6.45, 7) is 4.18. The minimum Gasteiger partial charge on any atom is -0.457 e. The quantitative estimate of drug-likeness (QED) is 0.771. The van der Waals surface area contributed by atoms with E-state index in [0.717, 1.165) is 5.56 Å². The van der Waals surface area contributed by atoms with Gasteiger partial charge in [-0.05, 0) is 32.3 Å². The lowest BCUT2D eigenvalue weighted by Gasteiger charge is -2.30. The number of carbonyl (C=O) groups is 3. The molecule has 1 aromatic heterocycles. The normalized spacial score (nSPS) is 14.5. The van der Waals surface area contributed by atoms with Crippen molar-refractivity contribution >= 4 is 17.8 Å². The number of primary amides is 1. The predicted molar refractivity (Wildman–Crippen MR) is 105 cm³/mol. The SMILES string of the molecule is Cc1nc(C)c(C(=O)OCc2ccccc2)c(C(=O)N2CCC(C(N)=O)CC2)n1. The molecule has 0 unspecified atom stereocenters. The molecule has 0 spiro atoms. The number of aromatic nitrogens is 2. The van der Waals surface area contributed by atoms with Gasteiger partial charge in [0.05, 0.1) is 5.69 Å². The minimum absolute atomic E-state index is 0.0330. The van der Waals surface area contributed by atoms with E-state index in [9.17, 15) is 14.4 Å². The molecule has 2 N–H and O–H groups in total. The van der Waals surface area contributed by atoms with E-state index < -0.39 is 5.97 Å². The zero-order valence-electron chi connectivity index (χ0n) is 16.6. The van der Waals surface area contributed by atoms with Crippen molar-refractivity contribution in [2.24, 2.45) is 11.7 Å². The number of piperidine rings is 1. The molecule has 2 aromatic rings. The van der Waals surface area contributed by atoms with Crippen LogP contribution in [-0.4, -0.2) is 45.7 Å². The number of carbonyl (C=O) groups excluding carboxylic acids is 3. The first-order valence-electron chi connectivity index (χ1n) is 9.51. The lowest BCUT2D eigenvalue weighted by molar-refractivity contribution is -0.123. The van der Waals surface area contributed by atoms with Crippen LogP contribution in [0.4, 0.5) is 0 Å². The van der Waals surface area contributed by atoms with Gasteiger partial charge in [0, 0.05) is 19.0 Å². The topological polar surface area (TPSA) is 115 Å². The van der Waals surface area contributed by atoms with E-state index in [1.807, 2.05) is 30.3 Å². The second-order valence-electron chi connectivity index (χ2n) is 7.11. The highest BCUT2D eigenvalue weighted by Gasteiger charge is 2.31. The largest absolute Gasteiger partial charge is 0.457 e. The monoisotopic (exact) mass is 396 g/mol. The van der Waals surface area contributed by atoms with Crippen molar-refractivity contribution in [3.63, 3.8) is 0 Å². The van der Waals surface area contributed by atoms with Crippen molar-refractivity contribution in [1.82, 2.24) is 14.9 Å². The van der Waals surface area contributed by atoms with Crippen LogP contribution >= 0.6 is 0 Å². The first kappa shape index (κ1) is 20.4. The van der Waals surface area contributed by atoms with Crippen LogP contribution in [-0.2, 0) is 16.1 Å². The zero-order valence-corrected chi connectivity index (χ0v) is 16.6. The summed E-state index contributed by atoms with van der Waals surface area (Å²) in [4.78, 5) is 47.3. The van der Waals surface area contributed by atoms with Gasteiger partial charge >= 0.3 is 5.97 Å². The summed E-state index contributed by atoms with van der Waals surface area (Å²) in [6, 6.07) is 9.28. The van der Waals surface area contributed by atoms with Gasteiger partial charge in [0.1, 0.15) is 23.7 Å². The number of nitrogens with two attached hydrogens (primary N) is 1. The summed E-state index contributed by atoms with van der Waals surface area (Å²) >= 11 is 0. The fourth-order valence-electron chi connectivity index (χ4n) is 3.42. The molecular weight excluding hydrogens is 372 g/mol. The van der Waals surface area contributed by atoms with E-state index in [2.05, 4.69) is 9.97 Å². The first-order chi connectivity index (χ1) is 13.9. The average molecular weight is 396 g/mol. The Morgan fingerprint density at radius 1 is 1.10 bits per heavy atom. The first-order valence-corrected chi connectivity index (χ1v) is 9.51. The Kier molecular flexibility index (Phi) is 6.21. The Labute approximate surface area is 169 Å². The smallest absolute Gasteiger partial charge is 0.342 e. The third-order valence-corrected chi connectivity index (χ3v) is 5.01. The molecule has 29 heavy (non-hydrogen) atoms. The van der Waals surface area contributed by atoms with Crippen LogP contribution in [0.25, 0.3) is 0 Å². The minimum atomic E-state index is -0.637. The second kappa shape index (κ2) is 8.81. The molecule has 152 valence electrons. The summed E-state index contributed by atoms with van der Waals surface area (Å²) in [5.74, 6) is -1.19. The molecule has 1 aliphatic heterocycles.